The molecule has 2 nitrogen and oxygen atoms in total. The lowest BCUT2D eigenvalue weighted by molar-refractivity contribution is 0.231. The lowest BCUT2D eigenvalue weighted by Crippen LogP contribution is -2.06. The van der Waals surface area contributed by atoms with Crippen LogP contribution < -0.4 is 0 Å². The van der Waals surface area contributed by atoms with Crippen LogP contribution in [0.15, 0.2) is 0 Å². The van der Waals surface area contributed by atoms with Gasteiger partial charge < -0.3 is 5.11 Å². The van der Waals surface area contributed by atoms with Crippen LogP contribution in [0.2, 0.25) is 0 Å². The average Bonchev–Trinajstić information content (AvgIpc) is 2.51. The monoisotopic (exact) mass is 294 g/mol. The van der Waals surface area contributed by atoms with E-state index in [0.717, 1.165) is 19.3 Å². The minimum absolute atomic E-state index is 0.317. The van der Waals surface area contributed by atoms with Crippen molar-refractivity contribution >= 4 is 0 Å². The molecule has 0 aromatic rings. The first-order valence-corrected chi connectivity index (χ1v) is 9.16. The molecule has 0 fully saturated rings. The van der Waals surface area contributed by atoms with E-state index < -0.39 is 0 Å². The lowest BCUT2D eigenvalue weighted by Gasteiger charge is -2.13. The Morgan fingerprint density at radius 2 is 1.52 bits per heavy atom. The zero-order chi connectivity index (χ0) is 15.6. The summed E-state index contributed by atoms with van der Waals surface area (Å²) in [7, 11) is 0. The van der Waals surface area contributed by atoms with E-state index in [1.54, 1.807) is 0 Å². The first kappa shape index (κ1) is 20.5. The highest BCUT2D eigenvalue weighted by Crippen LogP contribution is 2.18. The van der Waals surface area contributed by atoms with Crippen molar-refractivity contribution in [1.29, 1.82) is 5.26 Å². The summed E-state index contributed by atoms with van der Waals surface area (Å²) < 4.78 is 0. The highest BCUT2D eigenvalue weighted by atomic mass is 16.3. The molecule has 0 aromatic heterocycles. The molecule has 21 heavy (non-hydrogen) atoms. The molecule has 1 radical (unpaired) electrons. The van der Waals surface area contributed by atoms with Crippen molar-refractivity contribution < 1.29 is 5.11 Å². The van der Waals surface area contributed by atoms with Gasteiger partial charge in [-0.3, -0.25) is 0 Å². The molecule has 0 bridgehead atoms. The maximum absolute atomic E-state index is 9.40. The fraction of sp³-hybridized carbons (Fsp3) is 0.895. The van der Waals surface area contributed by atoms with Gasteiger partial charge in [0.15, 0.2) is 0 Å². The molecular formula is C19H36NO. The molecule has 123 valence electrons. The molecule has 1 N–H and O–H groups in total. The Kier molecular flexibility index (Phi) is 17.0. The van der Waals surface area contributed by atoms with Crippen molar-refractivity contribution in [2.24, 2.45) is 5.92 Å². The van der Waals surface area contributed by atoms with E-state index in [4.69, 9.17) is 5.26 Å². The summed E-state index contributed by atoms with van der Waals surface area (Å²) in [5.74, 6) is 0.412. The van der Waals surface area contributed by atoms with E-state index in [0.29, 0.717) is 18.9 Å². The van der Waals surface area contributed by atoms with E-state index >= 15 is 0 Å². The normalized spacial score (nSPS) is 12.2. The molecule has 2 heteroatoms. The summed E-state index contributed by atoms with van der Waals surface area (Å²) in [4.78, 5) is 0. The summed E-state index contributed by atoms with van der Waals surface area (Å²) in [5.41, 5.74) is 0. The van der Waals surface area contributed by atoms with Crippen molar-refractivity contribution in [2.45, 2.75) is 96.8 Å². The largest absolute Gasteiger partial charge is 0.396 e. The second kappa shape index (κ2) is 17.5. The summed E-state index contributed by atoms with van der Waals surface area (Å²) in [6.45, 7) is 2.57. The van der Waals surface area contributed by atoms with Crippen LogP contribution in [0.5, 0.6) is 0 Å². The smallest absolute Gasteiger partial charge is 0.0621 e. The Balaban J connectivity index is 3.31. The van der Waals surface area contributed by atoms with Crippen molar-refractivity contribution in [3.8, 4) is 6.07 Å². The van der Waals surface area contributed by atoms with E-state index in [9.17, 15) is 5.11 Å². The fourth-order valence-corrected chi connectivity index (χ4v) is 2.70. The number of nitriles is 1. The van der Waals surface area contributed by atoms with Crippen molar-refractivity contribution in [2.75, 3.05) is 6.61 Å². The van der Waals surface area contributed by atoms with Crippen LogP contribution >= 0.6 is 0 Å². The van der Waals surface area contributed by atoms with Gasteiger partial charge in [0.05, 0.1) is 6.07 Å². The molecule has 0 saturated carbocycles. The van der Waals surface area contributed by atoms with Crippen LogP contribution in [0.4, 0.5) is 0 Å². The molecular weight excluding hydrogens is 258 g/mol. The number of hydrogen-bond donors (Lipinski definition) is 1. The van der Waals surface area contributed by atoms with Crippen molar-refractivity contribution in [3.05, 3.63) is 6.42 Å². The zero-order valence-electron chi connectivity index (χ0n) is 14.2. The first-order chi connectivity index (χ1) is 10.3. The number of unbranched alkanes of at least 4 members (excludes halogenated alkanes) is 11. The third-order valence-electron chi connectivity index (χ3n) is 4.16. The highest BCUT2D eigenvalue weighted by Gasteiger charge is 2.07. The molecule has 0 spiro atoms. The highest BCUT2D eigenvalue weighted by molar-refractivity contribution is 4.75. The van der Waals surface area contributed by atoms with Gasteiger partial charge >= 0.3 is 0 Å². The summed E-state index contributed by atoms with van der Waals surface area (Å²) in [5, 5.41) is 17.9. The van der Waals surface area contributed by atoms with Gasteiger partial charge in [-0.15, -0.1) is 0 Å². The van der Waals surface area contributed by atoms with Gasteiger partial charge in [-0.05, 0) is 31.6 Å². The predicted octanol–water partition coefficient (Wildman–Crippen LogP) is 5.80. The Morgan fingerprint density at radius 1 is 0.905 bits per heavy atom. The van der Waals surface area contributed by atoms with Gasteiger partial charge in [-0.1, -0.05) is 71.1 Å². The standard InChI is InChI=1S/C19H36NO/c1-2-3-4-5-9-12-15-19(18-21)16-13-10-7-6-8-11-14-17-20/h16,19,21H,2-15,18H2,1H3. The second-order valence-electron chi connectivity index (χ2n) is 6.20. The number of aliphatic hydroxyl groups excluding tert-OH is 1. The van der Waals surface area contributed by atoms with Crippen LogP contribution in [0.25, 0.3) is 0 Å². The predicted molar refractivity (Wildman–Crippen MR) is 90.8 cm³/mol. The van der Waals surface area contributed by atoms with Gasteiger partial charge in [-0.25, -0.2) is 0 Å². The summed E-state index contributed by atoms with van der Waals surface area (Å²) >= 11 is 0. The van der Waals surface area contributed by atoms with Gasteiger partial charge in [0, 0.05) is 13.0 Å². The van der Waals surface area contributed by atoms with Crippen LogP contribution in [0.3, 0.4) is 0 Å². The number of hydrogen-bond acceptors (Lipinski definition) is 2. The molecule has 0 aromatic carbocycles. The molecule has 0 aliphatic carbocycles. The average molecular weight is 295 g/mol. The van der Waals surface area contributed by atoms with Crippen molar-refractivity contribution in [3.63, 3.8) is 0 Å². The van der Waals surface area contributed by atoms with E-state index in [1.165, 1.54) is 64.2 Å². The number of rotatable bonds is 16. The van der Waals surface area contributed by atoms with Crippen molar-refractivity contribution in [1.82, 2.24) is 0 Å². The Morgan fingerprint density at radius 3 is 2.19 bits per heavy atom. The molecule has 0 rings (SSSR count). The summed E-state index contributed by atoms with van der Waals surface area (Å²) in [6.07, 6.45) is 19.3. The molecule has 1 atom stereocenters. The third-order valence-corrected chi connectivity index (χ3v) is 4.16. The van der Waals surface area contributed by atoms with Crippen LogP contribution in [-0.4, -0.2) is 11.7 Å². The maximum atomic E-state index is 9.40. The summed E-state index contributed by atoms with van der Waals surface area (Å²) in [6, 6.07) is 2.19. The Hall–Kier alpha value is -0.550. The number of nitrogens with zero attached hydrogens (tertiary/aromatic N) is 1. The molecule has 0 heterocycles. The lowest BCUT2D eigenvalue weighted by atomic mass is 9.95. The topological polar surface area (TPSA) is 44.0 Å². The minimum atomic E-state index is 0.317. The van der Waals surface area contributed by atoms with Gasteiger partial charge in [-0.2, -0.15) is 5.26 Å². The van der Waals surface area contributed by atoms with Crippen LogP contribution in [-0.2, 0) is 0 Å². The van der Waals surface area contributed by atoms with E-state index in [1.807, 2.05) is 0 Å². The molecule has 0 aliphatic rings. The first-order valence-electron chi connectivity index (χ1n) is 9.16. The van der Waals surface area contributed by atoms with E-state index in [-0.39, 0.29) is 0 Å². The zero-order valence-corrected chi connectivity index (χ0v) is 14.2. The van der Waals surface area contributed by atoms with E-state index in [2.05, 4.69) is 19.4 Å². The molecule has 0 amide bonds. The molecule has 0 saturated heterocycles. The Bertz CT molecular complexity index is 234. The molecule has 0 aliphatic heterocycles. The van der Waals surface area contributed by atoms with Gasteiger partial charge in [0.2, 0.25) is 0 Å². The van der Waals surface area contributed by atoms with Crippen LogP contribution in [0, 0.1) is 23.7 Å². The third kappa shape index (κ3) is 15.7. The maximum Gasteiger partial charge on any atom is 0.0621 e. The van der Waals surface area contributed by atoms with Crippen LogP contribution in [0.1, 0.15) is 96.8 Å². The SMILES string of the molecule is CCCCCCCCC([CH]CCCCCCCC#N)CO. The Labute approximate surface area is 132 Å². The van der Waals surface area contributed by atoms with Gasteiger partial charge in [0.1, 0.15) is 0 Å². The molecule has 1 unspecified atom stereocenters. The second-order valence-corrected chi connectivity index (χ2v) is 6.20. The fourth-order valence-electron chi connectivity index (χ4n) is 2.70. The minimum Gasteiger partial charge on any atom is -0.396 e. The quantitative estimate of drug-likeness (QED) is 0.365. The van der Waals surface area contributed by atoms with Gasteiger partial charge in [0.25, 0.3) is 0 Å². The number of aliphatic hydroxyl groups is 1.